The maximum Gasteiger partial charge on any atom is 0.187 e. The van der Waals surface area contributed by atoms with Crippen LogP contribution in [0, 0.1) is 45.3 Å². The lowest BCUT2D eigenvalue weighted by Gasteiger charge is -2.72. The largest absolute Gasteiger partial charge is 0.394 e. The molecular formula is C42H72O14. The Morgan fingerprint density at radius 3 is 1.98 bits per heavy atom. The molecule has 0 radical (unpaired) electrons. The fraction of sp³-hybridized carbons (Fsp3) is 0.952. The lowest BCUT2D eigenvalue weighted by molar-refractivity contribution is -0.383. The highest BCUT2D eigenvalue weighted by molar-refractivity contribution is 5.22. The Hall–Kier alpha value is -0.820. The third-order valence-corrected chi connectivity index (χ3v) is 16.5. The van der Waals surface area contributed by atoms with Crippen LogP contribution in [0.5, 0.6) is 0 Å². The van der Waals surface area contributed by atoms with Crippen LogP contribution in [0.2, 0.25) is 0 Å². The first-order chi connectivity index (χ1) is 26.0. The van der Waals surface area contributed by atoms with Gasteiger partial charge in [0.2, 0.25) is 0 Å². The summed E-state index contributed by atoms with van der Waals surface area (Å²) < 4.78 is 24.9. The lowest BCUT2D eigenvalue weighted by atomic mass is 9.34. The number of rotatable bonds is 10. The molecule has 21 atom stereocenters. The average molecular weight is 801 g/mol. The molecule has 0 spiro atoms. The van der Waals surface area contributed by atoms with Crippen LogP contribution in [0.1, 0.15) is 107 Å². The summed E-state index contributed by atoms with van der Waals surface area (Å²) in [5.74, 6) is -0.623. The molecule has 2 aliphatic heterocycles. The highest BCUT2D eigenvalue weighted by atomic mass is 16.8. The molecule has 6 fully saturated rings. The zero-order valence-corrected chi connectivity index (χ0v) is 34.6. The molecule has 0 aromatic rings. The molecular weight excluding hydrogens is 728 g/mol. The Balaban J connectivity index is 1.38. The summed E-state index contributed by atoms with van der Waals surface area (Å²) in [4.78, 5) is 0. The quantitative estimate of drug-likeness (QED) is 0.110. The minimum absolute atomic E-state index is 0.0169. The number of hydrogen-bond donors (Lipinski definition) is 10. The monoisotopic (exact) mass is 800 g/mol. The van der Waals surface area contributed by atoms with E-state index in [1.54, 1.807) is 0 Å². The van der Waals surface area contributed by atoms with E-state index in [-0.39, 0.29) is 23.7 Å². The van der Waals surface area contributed by atoms with E-state index in [4.69, 9.17) is 18.9 Å². The van der Waals surface area contributed by atoms with Gasteiger partial charge in [0.15, 0.2) is 12.6 Å². The second-order valence-electron chi connectivity index (χ2n) is 20.3. The molecule has 2 saturated heterocycles. The molecule has 56 heavy (non-hydrogen) atoms. The standard InChI is InChI=1S/C42H72O14/c1-20(2)10-9-13-42(8,52)21-11-15-40(6)28(21)22(45)16-26-39(5)14-12-27(46)38(3,4)35(39)23(17-41(26,40)7)53-37-34(32(50)30(48)25(19-44)55-37)56-36-33(51)31(49)29(47)24(18-43)54-36/h10,21-37,43-52H,9,11-19H2,1-8H3/t21-,22+,23-,24+,25+,26+,27-,28-,29+,30+,31-,32-,33+,34+,35-,36-,37+,39+,40+,41+,42?/m0/s1. The Kier molecular flexibility index (Phi) is 12.7. The molecule has 4 aliphatic carbocycles. The second-order valence-corrected chi connectivity index (χ2v) is 20.3. The van der Waals surface area contributed by atoms with Crippen molar-refractivity contribution in [2.45, 2.75) is 192 Å². The SMILES string of the molecule is CC(C)=CCCC(C)(O)[C@H]1CC[C@]2(C)[C@@H]1[C@H](O)C[C@@H]1[C@@]3(C)CC[C@H](O)C(C)(C)[C@@H]3[C@@H](O[C@@H]3O[C@H](CO)[C@@H](O)[C@H](O)[C@H]3O[C@@H]3O[C@H](CO)[C@@H](O)[C@H](O)[C@H]3O)C[C@]12C. The molecule has 0 aromatic carbocycles. The van der Waals surface area contributed by atoms with Crippen LogP contribution in [0.3, 0.4) is 0 Å². The lowest BCUT2D eigenvalue weighted by Crippen LogP contribution is -2.71. The highest BCUT2D eigenvalue weighted by Gasteiger charge is 2.73. The van der Waals surface area contributed by atoms with Crippen LogP contribution in [0.4, 0.5) is 0 Å². The van der Waals surface area contributed by atoms with E-state index in [1.807, 2.05) is 34.6 Å². The van der Waals surface area contributed by atoms with Gasteiger partial charge < -0.3 is 70.0 Å². The molecule has 2 heterocycles. The average Bonchev–Trinajstić information content (AvgIpc) is 3.51. The van der Waals surface area contributed by atoms with Gasteiger partial charge in [0.1, 0.15) is 48.8 Å². The summed E-state index contributed by atoms with van der Waals surface area (Å²) in [5.41, 5.74) is -1.85. The molecule has 14 heteroatoms. The molecule has 0 amide bonds. The Bertz CT molecular complexity index is 1400. The van der Waals surface area contributed by atoms with Crippen molar-refractivity contribution in [3.05, 3.63) is 11.6 Å². The van der Waals surface area contributed by atoms with Crippen molar-refractivity contribution >= 4 is 0 Å². The van der Waals surface area contributed by atoms with Crippen molar-refractivity contribution in [3.8, 4) is 0 Å². The van der Waals surface area contributed by atoms with Crippen molar-refractivity contribution < 1.29 is 70.0 Å². The van der Waals surface area contributed by atoms with E-state index < -0.39 is 120 Å². The molecule has 6 aliphatic rings. The van der Waals surface area contributed by atoms with Gasteiger partial charge in [-0.25, -0.2) is 0 Å². The first kappa shape index (κ1) is 44.7. The molecule has 324 valence electrons. The van der Waals surface area contributed by atoms with Gasteiger partial charge in [-0.2, -0.15) is 0 Å². The van der Waals surface area contributed by atoms with Gasteiger partial charge in [-0.3, -0.25) is 0 Å². The fourth-order valence-corrected chi connectivity index (χ4v) is 13.4. The third kappa shape index (κ3) is 7.16. The number of allylic oxidation sites excluding steroid dienone is 2. The van der Waals surface area contributed by atoms with Gasteiger partial charge in [-0.05, 0) is 117 Å². The van der Waals surface area contributed by atoms with Crippen LogP contribution in [0.25, 0.3) is 0 Å². The topological polar surface area (TPSA) is 239 Å². The van der Waals surface area contributed by atoms with E-state index >= 15 is 0 Å². The number of hydrogen-bond acceptors (Lipinski definition) is 14. The summed E-state index contributed by atoms with van der Waals surface area (Å²) in [5, 5.41) is 110. The normalized spacial score (nSPS) is 52.6. The van der Waals surface area contributed by atoms with Crippen LogP contribution in [0.15, 0.2) is 11.6 Å². The Morgan fingerprint density at radius 1 is 0.768 bits per heavy atom. The first-order valence-electron chi connectivity index (χ1n) is 21.0. The zero-order chi connectivity index (χ0) is 41.5. The Labute approximate surface area is 331 Å². The van der Waals surface area contributed by atoms with Gasteiger partial charge in [0.25, 0.3) is 0 Å². The van der Waals surface area contributed by atoms with E-state index in [1.165, 1.54) is 5.57 Å². The number of ether oxygens (including phenoxy) is 4. The highest BCUT2D eigenvalue weighted by Crippen LogP contribution is 2.76. The molecule has 1 unspecified atom stereocenters. The van der Waals surface area contributed by atoms with Gasteiger partial charge >= 0.3 is 0 Å². The van der Waals surface area contributed by atoms with Crippen molar-refractivity contribution in [1.82, 2.24) is 0 Å². The van der Waals surface area contributed by atoms with Crippen LogP contribution >= 0.6 is 0 Å². The van der Waals surface area contributed by atoms with Gasteiger partial charge in [0, 0.05) is 0 Å². The summed E-state index contributed by atoms with van der Waals surface area (Å²) in [6.45, 7) is 15.5. The van der Waals surface area contributed by atoms with Gasteiger partial charge in [-0.1, -0.05) is 46.3 Å². The van der Waals surface area contributed by atoms with E-state index in [9.17, 15) is 51.1 Å². The molecule has 10 N–H and O–H groups in total. The minimum atomic E-state index is -1.81. The maximum absolute atomic E-state index is 12.3. The van der Waals surface area contributed by atoms with Crippen LogP contribution < -0.4 is 0 Å². The number of aliphatic hydroxyl groups is 10. The van der Waals surface area contributed by atoms with Crippen molar-refractivity contribution in [3.63, 3.8) is 0 Å². The van der Waals surface area contributed by atoms with E-state index in [0.29, 0.717) is 32.1 Å². The first-order valence-corrected chi connectivity index (χ1v) is 21.0. The van der Waals surface area contributed by atoms with E-state index in [0.717, 1.165) is 19.3 Å². The number of fused-ring (bicyclic) bond motifs is 5. The third-order valence-electron chi connectivity index (χ3n) is 16.5. The zero-order valence-electron chi connectivity index (χ0n) is 34.6. The number of aliphatic hydroxyl groups excluding tert-OH is 9. The molecule has 0 bridgehead atoms. The summed E-state index contributed by atoms with van der Waals surface area (Å²) in [7, 11) is 0. The van der Waals surface area contributed by atoms with Gasteiger partial charge in [0.05, 0.1) is 37.1 Å². The smallest absolute Gasteiger partial charge is 0.187 e. The van der Waals surface area contributed by atoms with Crippen LogP contribution in [-0.2, 0) is 18.9 Å². The van der Waals surface area contributed by atoms with Gasteiger partial charge in [-0.15, -0.1) is 0 Å². The van der Waals surface area contributed by atoms with Crippen LogP contribution in [-0.4, -0.2) is 150 Å². The van der Waals surface area contributed by atoms with Crippen molar-refractivity contribution in [2.24, 2.45) is 45.3 Å². The maximum atomic E-state index is 12.3. The van der Waals surface area contributed by atoms with Crippen molar-refractivity contribution in [1.29, 1.82) is 0 Å². The second kappa shape index (κ2) is 15.9. The summed E-state index contributed by atoms with van der Waals surface area (Å²) in [6, 6.07) is 0. The van der Waals surface area contributed by atoms with Crippen molar-refractivity contribution in [2.75, 3.05) is 13.2 Å². The fourth-order valence-electron chi connectivity index (χ4n) is 13.4. The summed E-state index contributed by atoms with van der Waals surface area (Å²) >= 11 is 0. The predicted molar refractivity (Wildman–Crippen MR) is 202 cm³/mol. The molecule has 4 saturated carbocycles. The van der Waals surface area contributed by atoms with E-state index in [2.05, 4.69) is 26.8 Å². The molecule has 6 rings (SSSR count). The predicted octanol–water partition coefficient (Wildman–Crippen LogP) is 1.12. The Morgan fingerprint density at radius 2 is 1.38 bits per heavy atom. The summed E-state index contributed by atoms with van der Waals surface area (Å²) in [6.07, 6.45) is -10.6. The molecule has 14 nitrogen and oxygen atoms in total. The molecule has 0 aromatic heterocycles. The minimum Gasteiger partial charge on any atom is -0.394 e.